The van der Waals surface area contributed by atoms with Gasteiger partial charge in [0.2, 0.25) is 0 Å². The molecule has 1 aliphatic rings. The van der Waals surface area contributed by atoms with Gasteiger partial charge in [0.05, 0.1) is 6.07 Å². The van der Waals surface area contributed by atoms with Gasteiger partial charge in [-0.2, -0.15) is 5.26 Å². The van der Waals surface area contributed by atoms with Crippen LogP contribution >= 0.6 is 27.7 Å². The Hall–Kier alpha value is -1.06. The lowest BCUT2D eigenvalue weighted by atomic mass is 9.97. The van der Waals surface area contributed by atoms with Crippen molar-refractivity contribution in [3.8, 4) is 6.07 Å². The zero-order valence-electron chi connectivity index (χ0n) is 10.6. The molecule has 19 heavy (non-hydrogen) atoms. The van der Waals surface area contributed by atoms with Gasteiger partial charge in [-0.15, -0.1) is 11.8 Å². The van der Waals surface area contributed by atoms with Gasteiger partial charge in [0, 0.05) is 13.1 Å². The topological polar surface area (TPSA) is 57.0 Å². The first-order valence-corrected chi connectivity index (χ1v) is 8.00. The molecule has 1 aromatic heterocycles. The summed E-state index contributed by atoms with van der Waals surface area (Å²) in [4.78, 5) is 18.3. The fourth-order valence-corrected chi connectivity index (χ4v) is 3.15. The van der Waals surface area contributed by atoms with Crippen LogP contribution in [0.15, 0.2) is 22.8 Å². The quantitative estimate of drug-likeness (QED) is 0.777. The van der Waals surface area contributed by atoms with Gasteiger partial charge in [-0.05, 0) is 47.2 Å². The Bertz CT molecular complexity index is 521. The molecule has 0 N–H and O–H groups in total. The lowest BCUT2D eigenvalue weighted by Gasteiger charge is -2.36. The fourth-order valence-electron chi connectivity index (χ4n) is 2.12. The predicted octanol–water partition coefficient (Wildman–Crippen LogP) is 2.71. The van der Waals surface area contributed by atoms with Crippen LogP contribution in [0.3, 0.4) is 0 Å². The Morgan fingerprint density at radius 1 is 1.53 bits per heavy atom. The number of hydrogen-bond acceptors (Lipinski definition) is 4. The van der Waals surface area contributed by atoms with E-state index >= 15 is 0 Å². The summed E-state index contributed by atoms with van der Waals surface area (Å²) < 4.78 is 0.326. The van der Waals surface area contributed by atoms with Gasteiger partial charge in [0.1, 0.15) is 15.0 Å². The second-order valence-corrected chi connectivity index (χ2v) is 6.45. The smallest absolute Gasteiger partial charge is 0.272 e. The third kappa shape index (κ3) is 3.10. The van der Waals surface area contributed by atoms with Crippen molar-refractivity contribution in [1.82, 2.24) is 9.88 Å². The van der Waals surface area contributed by atoms with Crippen molar-refractivity contribution >= 4 is 33.6 Å². The summed E-state index contributed by atoms with van der Waals surface area (Å²) in [7, 11) is 0. The summed E-state index contributed by atoms with van der Waals surface area (Å²) in [5, 5.41) is 9.23. The van der Waals surface area contributed by atoms with Crippen LogP contribution in [-0.4, -0.2) is 39.9 Å². The van der Waals surface area contributed by atoms with E-state index in [-0.39, 0.29) is 10.7 Å². The molecule has 0 aliphatic carbocycles. The molecule has 1 saturated heterocycles. The molecule has 1 amide bonds. The predicted molar refractivity (Wildman–Crippen MR) is 78.9 cm³/mol. The number of carbonyl (C=O) groups excluding carboxylic acids is 1. The minimum Gasteiger partial charge on any atom is -0.337 e. The molecule has 6 heteroatoms. The number of halogens is 1. The molecule has 4 nitrogen and oxygen atoms in total. The average Bonchev–Trinajstić information content (AvgIpc) is 2.46. The van der Waals surface area contributed by atoms with Gasteiger partial charge < -0.3 is 4.90 Å². The maximum atomic E-state index is 12.3. The number of thioether (sulfide) groups is 1. The second-order valence-electron chi connectivity index (χ2n) is 4.45. The van der Waals surface area contributed by atoms with Gasteiger partial charge >= 0.3 is 0 Å². The van der Waals surface area contributed by atoms with Gasteiger partial charge in [-0.3, -0.25) is 4.79 Å². The highest BCUT2D eigenvalue weighted by Crippen LogP contribution is 2.34. The van der Waals surface area contributed by atoms with Crippen LogP contribution in [0, 0.1) is 11.3 Å². The standard InChI is InChI=1S/C13H14BrN3OS/c1-19-13(9-15)5-7-17(8-6-13)12(18)10-3-2-4-11(14)16-10/h2-4H,5-8H2,1H3. The van der Waals surface area contributed by atoms with E-state index in [1.54, 1.807) is 34.9 Å². The van der Waals surface area contributed by atoms with E-state index in [9.17, 15) is 10.1 Å². The van der Waals surface area contributed by atoms with Crippen LogP contribution in [0.2, 0.25) is 0 Å². The molecular weight excluding hydrogens is 326 g/mol. The van der Waals surface area contributed by atoms with E-state index in [0.29, 0.717) is 36.2 Å². The van der Waals surface area contributed by atoms with Crippen LogP contribution in [0.4, 0.5) is 0 Å². The third-order valence-electron chi connectivity index (χ3n) is 3.39. The monoisotopic (exact) mass is 339 g/mol. The Morgan fingerprint density at radius 2 is 2.21 bits per heavy atom. The summed E-state index contributed by atoms with van der Waals surface area (Å²) in [5.74, 6) is -0.0612. The number of likely N-dealkylation sites (tertiary alicyclic amines) is 1. The largest absolute Gasteiger partial charge is 0.337 e. The molecule has 2 heterocycles. The van der Waals surface area contributed by atoms with E-state index < -0.39 is 0 Å². The minimum atomic E-state index is -0.332. The molecule has 0 atom stereocenters. The van der Waals surface area contributed by atoms with E-state index in [4.69, 9.17) is 0 Å². The second kappa shape index (κ2) is 5.93. The molecule has 0 bridgehead atoms. The van der Waals surface area contributed by atoms with Crippen LogP contribution in [0.5, 0.6) is 0 Å². The number of carbonyl (C=O) groups is 1. The van der Waals surface area contributed by atoms with Crippen LogP contribution < -0.4 is 0 Å². The number of piperidine rings is 1. The lowest BCUT2D eigenvalue weighted by Crippen LogP contribution is -2.44. The Kier molecular flexibility index (Phi) is 4.48. The van der Waals surface area contributed by atoms with Crippen molar-refractivity contribution in [1.29, 1.82) is 5.26 Å². The Labute approximate surface area is 125 Å². The highest BCUT2D eigenvalue weighted by Gasteiger charge is 2.35. The molecule has 2 rings (SSSR count). The molecule has 100 valence electrons. The molecule has 0 spiro atoms. The van der Waals surface area contributed by atoms with Crippen molar-refractivity contribution in [3.63, 3.8) is 0 Å². The Morgan fingerprint density at radius 3 is 2.74 bits per heavy atom. The van der Waals surface area contributed by atoms with E-state index in [1.165, 1.54) is 0 Å². The Balaban J connectivity index is 2.06. The van der Waals surface area contributed by atoms with E-state index in [2.05, 4.69) is 27.0 Å². The number of nitrogens with zero attached hydrogens (tertiary/aromatic N) is 3. The molecule has 1 fully saturated rings. The number of hydrogen-bond donors (Lipinski definition) is 0. The molecule has 0 saturated carbocycles. The van der Waals surface area contributed by atoms with Gasteiger partial charge in [-0.25, -0.2) is 4.98 Å². The van der Waals surface area contributed by atoms with Crippen LogP contribution in [-0.2, 0) is 0 Å². The molecular formula is C13H14BrN3OS. The van der Waals surface area contributed by atoms with Crippen LogP contribution in [0.25, 0.3) is 0 Å². The van der Waals surface area contributed by atoms with Crippen molar-refractivity contribution in [3.05, 3.63) is 28.5 Å². The van der Waals surface area contributed by atoms with Crippen molar-refractivity contribution in [2.24, 2.45) is 0 Å². The maximum absolute atomic E-state index is 12.3. The van der Waals surface area contributed by atoms with Gasteiger partial charge in [0.15, 0.2) is 0 Å². The number of pyridine rings is 1. The summed E-state index contributed by atoms with van der Waals surface area (Å²) in [5.41, 5.74) is 0.447. The molecule has 0 radical (unpaired) electrons. The number of nitriles is 1. The lowest BCUT2D eigenvalue weighted by molar-refractivity contribution is 0.0710. The normalized spacial score (nSPS) is 17.8. The van der Waals surface area contributed by atoms with Crippen LogP contribution in [0.1, 0.15) is 23.3 Å². The minimum absolute atomic E-state index is 0.0612. The van der Waals surface area contributed by atoms with E-state index in [0.717, 1.165) is 0 Å². The van der Waals surface area contributed by atoms with Crippen molar-refractivity contribution in [2.45, 2.75) is 17.6 Å². The third-order valence-corrected chi connectivity index (χ3v) is 5.11. The SMILES string of the molecule is CSC1(C#N)CCN(C(=O)c2cccc(Br)n2)CC1. The van der Waals surface area contributed by atoms with Crippen molar-refractivity contribution in [2.75, 3.05) is 19.3 Å². The first-order valence-electron chi connectivity index (χ1n) is 5.98. The molecule has 0 unspecified atom stereocenters. The summed E-state index contributed by atoms with van der Waals surface area (Å²) >= 11 is 4.85. The highest BCUT2D eigenvalue weighted by molar-refractivity contribution is 9.10. The molecule has 1 aromatic rings. The first kappa shape index (κ1) is 14.4. The molecule has 0 aromatic carbocycles. The average molecular weight is 340 g/mol. The summed E-state index contributed by atoms with van der Waals surface area (Å²) in [6, 6.07) is 7.69. The summed E-state index contributed by atoms with van der Waals surface area (Å²) in [6.07, 6.45) is 3.38. The van der Waals surface area contributed by atoms with E-state index in [1.807, 2.05) is 6.26 Å². The number of aromatic nitrogens is 1. The summed E-state index contributed by atoms with van der Waals surface area (Å²) in [6.45, 7) is 1.23. The highest BCUT2D eigenvalue weighted by atomic mass is 79.9. The molecule has 1 aliphatic heterocycles. The maximum Gasteiger partial charge on any atom is 0.272 e. The number of amides is 1. The van der Waals surface area contributed by atoms with Crippen molar-refractivity contribution < 1.29 is 4.79 Å². The fraction of sp³-hybridized carbons (Fsp3) is 0.462. The van der Waals surface area contributed by atoms with Gasteiger partial charge in [0.25, 0.3) is 5.91 Å². The number of rotatable bonds is 2. The first-order chi connectivity index (χ1) is 9.10. The zero-order valence-corrected chi connectivity index (χ0v) is 13.0. The zero-order chi connectivity index (χ0) is 13.9. The van der Waals surface area contributed by atoms with Gasteiger partial charge in [-0.1, -0.05) is 6.07 Å².